The van der Waals surface area contributed by atoms with E-state index in [1.54, 1.807) is 30.3 Å². The third kappa shape index (κ3) is 2.70. The first-order valence-electron chi connectivity index (χ1n) is 5.13. The van der Waals surface area contributed by atoms with Crippen molar-refractivity contribution in [2.75, 3.05) is 24.2 Å². The summed E-state index contributed by atoms with van der Waals surface area (Å²) in [7, 11) is 1.69. The molecule has 0 aliphatic rings. The molecule has 0 atom stereocenters. The number of amides is 1. The van der Waals surface area contributed by atoms with Crippen LogP contribution >= 0.6 is 0 Å². The molecule has 94 valence electrons. The van der Waals surface area contributed by atoms with Gasteiger partial charge >= 0.3 is 0 Å². The number of nitrogens with zero attached hydrogens (tertiary/aromatic N) is 5. The Labute approximate surface area is 102 Å². The van der Waals surface area contributed by atoms with Crippen molar-refractivity contribution in [1.82, 2.24) is 24.5 Å². The lowest BCUT2D eigenvalue weighted by Gasteiger charge is -2.07. The zero-order valence-electron chi connectivity index (χ0n) is 9.66. The summed E-state index contributed by atoms with van der Waals surface area (Å²) in [5, 5.41) is 5.52. The van der Waals surface area contributed by atoms with Gasteiger partial charge in [-0.3, -0.25) is 9.36 Å². The summed E-state index contributed by atoms with van der Waals surface area (Å²) in [5.41, 5.74) is 5.04. The Morgan fingerprint density at radius 3 is 2.78 bits per heavy atom. The number of nitrogens with one attached hydrogen (secondary N) is 2. The number of nitrogens with two attached hydrogens (primary N) is 1. The van der Waals surface area contributed by atoms with Gasteiger partial charge in [-0.05, 0) is 0 Å². The first kappa shape index (κ1) is 11.8. The highest BCUT2D eigenvalue weighted by Crippen LogP contribution is 2.08. The summed E-state index contributed by atoms with van der Waals surface area (Å²) >= 11 is 0. The molecule has 2 rings (SSSR count). The topological polar surface area (TPSA) is 124 Å². The maximum absolute atomic E-state index is 10.7. The third-order valence-electron chi connectivity index (χ3n) is 2.00. The van der Waals surface area contributed by atoms with Crippen LogP contribution in [-0.2, 0) is 4.79 Å². The van der Waals surface area contributed by atoms with Crippen molar-refractivity contribution < 1.29 is 4.79 Å². The van der Waals surface area contributed by atoms with Crippen molar-refractivity contribution in [2.45, 2.75) is 0 Å². The number of imidazole rings is 1. The van der Waals surface area contributed by atoms with E-state index >= 15 is 0 Å². The predicted octanol–water partition coefficient (Wildman–Crippen LogP) is -1.00. The molecule has 2 aromatic rings. The number of rotatable bonds is 5. The first-order chi connectivity index (χ1) is 8.69. The lowest BCUT2D eigenvalue weighted by molar-refractivity contribution is -0.116. The number of anilines is 2. The van der Waals surface area contributed by atoms with Gasteiger partial charge in [-0.2, -0.15) is 15.0 Å². The summed E-state index contributed by atoms with van der Waals surface area (Å²) in [6, 6.07) is 0. The minimum atomic E-state index is -0.495. The Bertz CT molecular complexity index is 538. The molecule has 2 aromatic heterocycles. The van der Waals surface area contributed by atoms with Crippen LogP contribution in [0.3, 0.4) is 0 Å². The molecular formula is C9H12N8O. The summed E-state index contributed by atoms with van der Waals surface area (Å²) < 4.78 is 1.62. The normalized spacial score (nSPS) is 10.1. The number of hydrogen-bond acceptors (Lipinski definition) is 7. The molecule has 0 bridgehead atoms. The van der Waals surface area contributed by atoms with Gasteiger partial charge in [0, 0.05) is 19.4 Å². The largest absolute Gasteiger partial charge is 0.368 e. The van der Waals surface area contributed by atoms with Crippen molar-refractivity contribution >= 4 is 17.8 Å². The molecule has 18 heavy (non-hydrogen) atoms. The van der Waals surface area contributed by atoms with Gasteiger partial charge in [0.25, 0.3) is 0 Å². The minimum absolute atomic E-state index is 0.0451. The highest BCUT2D eigenvalue weighted by molar-refractivity contribution is 5.78. The average Bonchev–Trinajstić information content (AvgIpc) is 2.89. The summed E-state index contributed by atoms with van der Waals surface area (Å²) in [5.74, 6) is 0.530. The molecule has 0 saturated heterocycles. The molecule has 0 unspecified atom stereocenters. The van der Waals surface area contributed by atoms with E-state index in [0.29, 0.717) is 11.9 Å². The van der Waals surface area contributed by atoms with E-state index in [1.807, 2.05) is 0 Å². The van der Waals surface area contributed by atoms with Crippen molar-refractivity contribution in [3.05, 3.63) is 18.7 Å². The zero-order chi connectivity index (χ0) is 13.0. The second kappa shape index (κ2) is 5.08. The van der Waals surface area contributed by atoms with Gasteiger partial charge in [-0.1, -0.05) is 0 Å². The van der Waals surface area contributed by atoms with Gasteiger partial charge in [-0.15, -0.1) is 0 Å². The van der Waals surface area contributed by atoms with Crippen LogP contribution in [0.4, 0.5) is 11.9 Å². The molecule has 1 amide bonds. The Balaban J connectivity index is 2.30. The van der Waals surface area contributed by atoms with E-state index in [9.17, 15) is 4.79 Å². The zero-order valence-corrected chi connectivity index (χ0v) is 9.66. The molecule has 9 heteroatoms. The average molecular weight is 248 g/mol. The molecule has 0 fully saturated rings. The van der Waals surface area contributed by atoms with E-state index in [2.05, 4.69) is 30.6 Å². The van der Waals surface area contributed by atoms with Crippen molar-refractivity contribution in [3.63, 3.8) is 0 Å². The van der Waals surface area contributed by atoms with Crippen LogP contribution < -0.4 is 16.4 Å². The van der Waals surface area contributed by atoms with E-state index in [4.69, 9.17) is 5.73 Å². The van der Waals surface area contributed by atoms with Crippen LogP contribution in [0.15, 0.2) is 18.7 Å². The van der Waals surface area contributed by atoms with Crippen LogP contribution in [-0.4, -0.2) is 44.0 Å². The van der Waals surface area contributed by atoms with Crippen LogP contribution in [0.5, 0.6) is 0 Å². The van der Waals surface area contributed by atoms with Crippen LogP contribution in [0.25, 0.3) is 5.95 Å². The molecule has 0 aromatic carbocycles. The fourth-order valence-electron chi connectivity index (χ4n) is 1.21. The van der Waals surface area contributed by atoms with Gasteiger partial charge in [0.2, 0.25) is 23.8 Å². The summed E-state index contributed by atoms with van der Waals surface area (Å²) in [6.45, 7) is -0.0451. The van der Waals surface area contributed by atoms with Gasteiger partial charge in [0.1, 0.15) is 6.33 Å². The standard InChI is InChI=1S/C9H12N8O/c1-11-7-14-8(13-4-6(10)18)16-9(15-7)17-3-2-12-5-17/h2-3,5H,4H2,1H3,(H2,10,18)(H2,11,13,14,15,16). The second-order valence-corrected chi connectivity index (χ2v) is 3.32. The van der Waals surface area contributed by atoms with E-state index < -0.39 is 5.91 Å². The predicted molar refractivity (Wildman–Crippen MR) is 64.2 cm³/mol. The maximum atomic E-state index is 10.7. The molecule has 0 aliphatic carbocycles. The summed E-state index contributed by atoms with van der Waals surface area (Å²) in [6.07, 6.45) is 4.87. The van der Waals surface area contributed by atoms with Crippen molar-refractivity contribution in [2.24, 2.45) is 5.73 Å². The van der Waals surface area contributed by atoms with E-state index in [1.165, 1.54) is 0 Å². The Kier molecular flexibility index (Phi) is 3.32. The SMILES string of the molecule is CNc1nc(NCC(N)=O)nc(-n2ccnc2)n1. The monoisotopic (exact) mass is 248 g/mol. The molecule has 2 heterocycles. The minimum Gasteiger partial charge on any atom is -0.368 e. The van der Waals surface area contributed by atoms with Crippen molar-refractivity contribution in [3.8, 4) is 5.95 Å². The number of aromatic nitrogens is 5. The Morgan fingerprint density at radius 1 is 1.39 bits per heavy atom. The van der Waals surface area contributed by atoms with E-state index in [0.717, 1.165) is 0 Å². The molecular weight excluding hydrogens is 236 g/mol. The number of carbonyl (C=O) groups excluding carboxylic acids is 1. The number of carbonyl (C=O) groups is 1. The summed E-state index contributed by atoms with van der Waals surface area (Å²) in [4.78, 5) is 26.9. The molecule has 9 nitrogen and oxygen atoms in total. The van der Waals surface area contributed by atoms with Gasteiger partial charge in [0.05, 0.1) is 6.54 Å². The van der Waals surface area contributed by atoms with Gasteiger partial charge in [-0.25, -0.2) is 4.98 Å². The van der Waals surface area contributed by atoms with Crippen LogP contribution in [0.2, 0.25) is 0 Å². The third-order valence-corrected chi connectivity index (χ3v) is 2.00. The number of primary amides is 1. The molecule has 0 spiro atoms. The van der Waals surface area contributed by atoms with Gasteiger partial charge < -0.3 is 16.4 Å². The number of hydrogen-bond donors (Lipinski definition) is 3. The second-order valence-electron chi connectivity index (χ2n) is 3.32. The van der Waals surface area contributed by atoms with Crippen LogP contribution in [0, 0.1) is 0 Å². The maximum Gasteiger partial charge on any atom is 0.241 e. The first-order valence-corrected chi connectivity index (χ1v) is 5.13. The fraction of sp³-hybridized carbons (Fsp3) is 0.222. The Hall–Kier alpha value is -2.71. The smallest absolute Gasteiger partial charge is 0.241 e. The fourth-order valence-corrected chi connectivity index (χ4v) is 1.21. The molecule has 4 N–H and O–H groups in total. The lowest BCUT2D eigenvalue weighted by Crippen LogP contribution is -2.23. The quantitative estimate of drug-likeness (QED) is 0.619. The highest BCUT2D eigenvalue weighted by atomic mass is 16.1. The highest BCUT2D eigenvalue weighted by Gasteiger charge is 2.07. The lowest BCUT2D eigenvalue weighted by atomic mass is 10.6. The van der Waals surface area contributed by atoms with Gasteiger partial charge in [0.15, 0.2) is 0 Å². The van der Waals surface area contributed by atoms with Crippen LogP contribution in [0.1, 0.15) is 0 Å². The van der Waals surface area contributed by atoms with Crippen molar-refractivity contribution in [1.29, 1.82) is 0 Å². The Morgan fingerprint density at radius 2 is 2.17 bits per heavy atom. The van der Waals surface area contributed by atoms with E-state index in [-0.39, 0.29) is 12.5 Å². The molecule has 0 saturated carbocycles. The molecule has 0 aliphatic heterocycles. The molecule has 0 radical (unpaired) electrons.